The SMILES string of the molecule is CC1SCCCC1NCCNC(=O)N(C)C. The Morgan fingerprint density at radius 3 is 2.81 bits per heavy atom. The van der Waals surface area contributed by atoms with Crippen LogP contribution >= 0.6 is 11.8 Å². The van der Waals surface area contributed by atoms with Crippen molar-refractivity contribution in [1.82, 2.24) is 15.5 Å². The Bertz CT molecular complexity index is 223. The average Bonchev–Trinajstić information content (AvgIpc) is 2.26. The number of amides is 2. The number of rotatable bonds is 4. The number of hydrogen-bond donors (Lipinski definition) is 2. The van der Waals surface area contributed by atoms with E-state index in [0.717, 1.165) is 6.54 Å². The van der Waals surface area contributed by atoms with Crippen molar-refractivity contribution in [2.24, 2.45) is 0 Å². The van der Waals surface area contributed by atoms with E-state index in [2.05, 4.69) is 17.6 Å². The number of urea groups is 1. The predicted octanol–water partition coefficient (Wildman–Crippen LogP) is 1.13. The summed E-state index contributed by atoms with van der Waals surface area (Å²) in [7, 11) is 3.51. The fourth-order valence-corrected chi connectivity index (χ4v) is 2.95. The zero-order valence-corrected chi connectivity index (χ0v) is 11.3. The molecule has 1 fully saturated rings. The summed E-state index contributed by atoms with van der Waals surface area (Å²) in [5.41, 5.74) is 0. The Labute approximate surface area is 103 Å². The first-order chi connectivity index (χ1) is 7.61. The van der Waals surface area contributed by atoms with Gasteiger partial charge in [-0.2, -0.15) is 11.8 Å². The van der Waals surface area contributed by atoms with Crippen molar-refractivity contribution < 1.29 is 4.79 Å². The van der Waals surface area contributed by atoms with Gasteiger partial charge in [0.05, 0.1) is 0 Å². The second-order valence-corrected chi connectivity index (χ2v) is 5.89. The molecule has 1 heterocycles. The molecule has 1 aliphatic rings. The van der Waals surface area contributed by atoms with E-state index in [-0.39, 0.29) is 6.03 Å². The van der Waals surface area contributed by atoms with Gasteiger partial charge in [0.25, 0.3) is 0 Å². The largest absolute Gasteiger partial charge is 0.337 e. The van der Waals surface area contributed by atoms with Gasteiger partial charge in [0.1, 0.15) is 0 Å². The van der Waals surface area contributed by atoms with E-state index < -0.39 is 0 Å². The summed E-state index contributed by atoms with van der Waals surface area (Å²) in [5.74, 6) is 1.29. The van der Waals surface area contributed by atoms with Crippen LogP contribution in [0, 0.1) is 0 Å². The molecule has 2 N–H and O–H groups in total. The lowest BCUT2D eigenvalue weighted by molar-refractivity contribution is 0.217. The normalized spacial score (nSPS) is 25.2. The molecule has 0 bridgehead atoms. The van der Waals surface area contributed by atoms with E-state index >= 15 is 0 Å². The third-order valence-corrected chi connectivity index (χ3v) is 4.20. The summed E-state index contributed by atoms with van der Waals surface area (Å²) >= 11 is 2.04. The first-order valence-corrected chi connectivity index (χ1v) is 6.96. The summed E-state index contributed by atoms with van der Waals surface area (Å²) < 4.78 is 0. The quantitative estimate of drug-likeness (QED) is 0.730. The molecule has 94 valence electrons. The zero-order valence-electron chi connectivity index (χ0n) is 10.5. The molecule has 0 saturated carbocycles. The topological polar surface area (TPSA) is 44.4 Å². The highest BCUT2D eigenvalue weighted by Gasteiger charge is 2.20. The molecular weight excluding hydrogens is 222 g/mol. The van der Waals surface area contributed by atoms with Gasteiger partial charge in [0.15, 0.2) is 0 Å². The molecule has 0 aromatic heterocycles. The van der Waals surface area contributed by atoms with Crippen molar-refractivity contribution in [1.29, 1.82) is 0 Å². The van der Waals surface area contributed by atoms with Crippen molar-refractivity contribution in [3.8, 4) is 0 Å². The molecule has 1 rings (SSSR count). The minimum Gasteiger partial charge on any atom is -0.337 e. The number of carbonyl (C=O) groups is 1. The van der Waals surface area contributed by atoms with Crippen molar-refractivity contribution in [3.05, 3.63) is 0 Å². The maximum absolute atomic E-state index is 11.2. The van der Waals surface area contributed by atoms with Gasteiger partial charge in [-0.05, 0) is 18.6 Å². The van der Waals surface area contributed by atoms with Gasteiger partial charge in [0.2, 0.25) is 0 Å². The lowest BCUT2D eigenvalue weighted by Crippen LogP contribution is -2.44. The van der Waals surface area contributed by atoms with E-state index in [9.17, 15) is 4.79 Å². The Morgan fingerprint density at radius 1 is 1.44 bits per heavy atom. The molecule has 0 radical (unpaired) electrons. The lowest BCUT2D eigenvalue weighted by atomic mass is 10.1. The van der Waals surface area contributed by atoms with E-state index in [1.165, 1.54) is 18.6 Å². The number of carbonyl (C=O) groups excluding carboxylic acids is 1. The second kappa shape index (κ2) is 7.01. The van der Waals surface area contributed by atoms with E-state index in [1.807, 2.05) is 11.8 Å². The van der Waals surface area contributed by atoms with E-state index in [4.69, 9.17) is 0 Å². The molecule has 0 aromatic rings. The van der Waals surface area contributed by atoms with Crippen LogP contribution in [0.4, 0.5) is 4.79 Å². The molecule has 5 heteroatoms. The first kappa shape index (κ1) is 13.6. The van der Waals surface area contributed by atoms with Crippen LogP contribution in [-0.2, 0) is 0 Å². The Hall–Kier alpha value is -0.420. The van der Waals surface area contributed by atoms with Crippen molar-refractivity contribution in [2.75, 3.05) is 32.9 Å². The van der Waals surface area contributed by atoms with Crippen LogP contribution in [0.2, 0.25) is 0 Å². The van der Waals surface area contributed by atoms with Crippen molar-refractivity contribution in [2.45, 2.75) is 31.1 Å². The lowest BCUT2D eigenvalue weighted by Gasteiger charge is -2.29. The van der Waals surface area contributed by atoms with Gasteiger partial charge in [-0.25, -0.2) is 4.79 Å². The highest BCUT2D eigenvalue weighted by Crippen LogP contribution is 2.24. The number of nitrogens with one attached hydrogen (secondary N) is 2. The summed E-state index contributed by atoms with van der Waals surface area (Å²) in [5, 5.41) is 7.06. The fourth-order valence-electron chi connectivity index (χ4n) is 1.78. The summed E-state index contributed by atoms with van der Waals surface area (Å²) in [4.78, 5) is 12.8. The zero-order chi connectivity index (χ0) is 12.0. The van der Waals surface area contributed by atoms with Gasteiger partial charge in [-0.1, -0.05) is 6.92 Å². The minimum atomic E-state index is -0.0205. The predicted molar refractivity (Wildman–Crippen MR) is 70.0 cm³/mol. The molecule has 16 heavy (non-hydrogen) atoms. The molecule has 1 saturated heterocycles. The standard InChI is InChI=1S/C11H23N3OS/c1-9-10(5-4-8-16-9)12-6-7-13-11(15)14(2)3/h9-10,12H,4-8H2,1-3H3,(H,13,15). The molecule has 0 spiro atoms. The van der Waals surface area contributed by atoms with Gasteiger partial charge in [-0.15, -0.1) is 0 Å². The van der Waals surface area contributed by atoms with Crippen LogP contribution in [0.5, 0.6) is 0 Å². The monoisotopic (exact) mass is 245 g/mol. The van der Waals surface area contributed by atoms with Gasteiger partial charge < -0.3 is 15.5 Å². The molecule has 0 aromatic carbocycles. The summed E-state index contributed by atoms with van der Waals surface area (Å²) in [6.07, 6.45) is 2.56. The maximum Gasteiger partial charge on any atom is 0.316 e. The Morgan fingerprint density at radius 2 is 2.19 bits per heavy atom. The third-order valence-electron chi connectivity index (χ3n) is 2.82. The van der Waals surface area contributed by atoms with E-state index in [1.54, 1.807) is 19.0 Å². The Balaban J connectivity index is 2.08. The fraction of sp³-hybridized carbons (Fsp3) is 0.909. The van der Waals surface area contributed by atoms with Crippen LogP contribution in [0.15, 0.2) is 0 Å². The summed E-state index contributed by atoms with van der Waals surface area (Å²) in [6.45, 7) is 3.83. The number of thioether (sulfide) groups is 1. The van der Waals surface area contributed by atoms with Crippen molar-refractivity contribution >= 4 is 17.8 Å². The molecule has 1 aliphatic heterocycles. The van der Waals surface area contributed by atoms with Gasteiger partial charge in [-0.3, -0.25) is 0 Å². The number of nitrogens with zero attached hydrogens (tertiary/aromatic N) is 1. The smallest absolute Gasteiger partial charge is 0.316 e. The maximum atomic E-state index is 11.2. The molecule has 2 amide bonds. The molecular formula is C11H23N3OS. The highest BCUT2D eigenvalue weighted by atomic mass is 32.2. The first-order valence-electron chi connectivity index (χ1n) is 5.91. The van der Waals surface area contributed by atoms with Gasteiger partial charge in [0, 0.05) is 38.5 Å². The van der Waals surface area contributed by atoms with Gasteiger partial charge >= 0.3 is 6.03 Å². The van der Waals surface area contributed by atoms with Crippen LogP contribution in [-0.4, -0.2) is 55.2 Å². The third kappa shape index (κ3) is 4.61. The van der Waals surface area contributed by atoms with Crippen molar-refractivity contribution in [3.63, 3.8) is 0 Å². The Kier molecular flexibility index (Phi) is 5.98. The molecule has 0 aliphatic carbocycles. The van der Waals surface area contributed by atoms with Crippen LogP contribution in [0.1, 0.15) is 19.8 Å². The van der Waals surface area contributed by atoms with Crippen LogP contribution < -0.4 is 10.6 Å². The molecule has 2 unspecified atom stereocenters. The number of hydrogen-bond acceptors (Lipinski definition) is 3. The molecule has 2 atom stereocenters. The summed E-state index contributed by atoms with van der Waals surface area (Å²) in [6, 6.07) is 0.586. The van der Waals surface area contributed by atoms with E-state index in [0.29, 0.717) is 17.8 Å². The molecule has 4 nitrogen and oxygen atoms in total. The second-order valence-electron chi connectivity index (χ2n) is 4.41. The average molecular weight is 245 g/mol. The van der Waals surface area contributed by atoms with Crippen LogP contribution in [0.3, 0.4) is 0 Å². The minimum absolute atomic E-state index is 0.0205. The highest BCUT2D eigenvalue weighted by molar-refractivity contribution is 7.99. The van der Waals surface area contributed by atoms with Crippen LogP contribution in [0.25, 0.3) is 0 Å².